The van der Waals surface area contributed by atoms with Crippen LogP contribution >= 0.6 is 0 Å². The molecule has 2 saturated heterocycles. The maximum Gasteiger partial charge on any atom is 0.194 e. The Balaban J connectivity index is 1.59. The third kappa shape index (κ3) is 4.37. The first-order valence-electron chi connectivity index (χ1n) is 9.13. The Labute approximate surface area is 150 Å². The van der Waals surface area contributed by atoms with Gasteiger partial charge in [-0.25, -0.2) is 0 Å². The Morgan fingerprint density at radius 1 is 1.28 bits per heavy atom. The van der Waals surface area contributed by atoms with Crippen LogP contribution in [0.3, 0.4) is 0 Å². The van der Waals surface area contributed by atoms with Gasteiger partial charge in [0, 0.05) is 49.9 Å². The topological polar surface area (TPSA) is 49.3 Å². The first-order valence-corrected chi connectivity index (χ1v) is 9.13. The molecule has 3 rings (SSSR count). The van der Waals surface area contributed by atoms with Crippen molar-refractivity contribution >= 4 is 11.6 Å². The van der Waals surface area contributed by atoms with E-state index < -0.39 is 0 Å². The second-order valence-corrected chi connectivity index (χ2v) is 7.15. The maximum atomic E-state index is 5.34. The molecule has 0 bridgehead atoms. The minimum Gasteiger partial charge on any atom is -0.497 e. The highest BCUT2D eigenvalue weighted by Gasteiger charge is 2.33. The number of nitrogens with zero attached hydrogens (tertiary/aromatic N) is 3. The van der Waals surface area contributed by atoms with Gasteiger partial charge >= 0.3 is 0 Å². The lowest BCUT2D eigenvalue weighted by molar-refractivity contribution is -0.0946. The summed E-state index contributed by atoms with van der Waals surface area (Å²) in [6, 6.07) is 8.29. The number of ether oxygens (including phenoxy) is 2. The molecular weight excluding hydrogens is 316 g/mol. The van der Waals surface area contributed by atoms with E-state index in [-0.39, 0.29) is 5.41 Å². The fraction of sp³-hybridized carbons (Fsp3) is 0.632. The molecule has 2 heterocycles. The zero-order chi connectivity index (χ0) is 17.7. The van der Waals surface area contributed by atoms with Gasteiger partial charge in [0.1, 0.15) is 5.75 Å². The minimum absolute atomic E-state index is 0.211. The normalized spacial score (nSPS) is 20.2. The molecule has 0 aliphatic carbocycles. The SMILES string of the molecule is CCNC(=NCC1(C)COC1)N1CCN(c2cccc(OC)c2)CC1. The third-order valence-electron chi connectivity index (χ3n) is 4.84. The number of piperazine rings is 1. The molecule has 2 aliphatic rings. The van der Waals surface area contributed by atoms with Crippen LogP contribution in [0.1, 0.15) is 13.8 Å². The summed E-state index contributed by atoms with van der Waals surface area (Å²) in [5, 5.41) is 3.44. The lowest BCUT2D eigenvalue weighted by Gasteiger charge is -2.39. The molecular formula is C19H30N4O2. The van der Waals surface area contributed by atoms with Crippen LogP contribution in [-0.2, 0) is 4.74 Å². The number of hydrogen-bond acceptors (Lipinski definition) is 4. The molecule has 2 fully saturated rings. The molecule has 0 atom stereocenters. The van der Waals surface area contributed by atoms with Gasteiger partial charge in [-0.15, -0.1) is 0 Å². The van der Waals surface area contributed by atoms with E-state index in [0.29, 0.717) is 0 Å². The highest BCUT2D eigenvalue weighted by Crippen LogP contribution is 2.27. The standard InChI is InChI=1S/C19H30N4O2/c1-4-20-18(21-13-19(2)14-25-15-19)23-10-8-22(9-11-23)16-6-5-7-17(12-16)24-3/h5-7,12H,4,8-11,13-15H2,1-3H3,(H,20,21). The molecule has 2 aliphatic heterocycles. The second kappa shape index (κ2) is 7.95. The van der Waals surface area contributed by atoms with Gasteiger partial charge < -0.3 is 24.6 Å². The van der Waals surface area contributed by atoms with Crippen LogP contribution in [0.15, 0.2) is 29.3 Å². The Morgan fingerprint density at radius 2 is 2.04 bits per heavy atom. The zero-order valence-electron chi connectivity index (χ0n) is 15.6. The van der Waals surface area contributed by atoms with E-state index in [4.69, 9.17) is 14.5 Å². The van der Waals surface area contributed by atoms with E-state index in [0.717, 1.165) is 64.2 Å². The Kier molecular flexibility index (Phi) is 5.68. The van der Waals surface area contributed by atoms with Crippen molar-refractivity contribution in [1.82, 2.24) is 10.2 Å². The van der Waals surface area contributed by atoms with Crippen molar-refractivity contribution in [1.29, 1.82) is 0 Å². The molecule has 0 unspecified atom stereocenters. The van der Waals surface area contributed by atoms with Gasteiger partial charge in [0.05, 0.1) is 26.9 Å². The van der Waals surface area contributed by atoms with Gasteiger partial charge in [-0.05, 0) is 19.1 Å². The van der Waals surface area contributed by atoms with Crippen LogP contribution in [0.4, 0.5) is 5.69 Å². The zero-order valence-corrected chi connectivity index (χ0v) is 15.6. The molecule has 0 amide bonds. The van der Waals surface area contributed by atoms with E-state index >= 15 is 0 Å². The number of aliphatic imine (C=N–C) groups is 1. The molecule has 1 aromatic carbocycles. The number of anilines is 1. The molecule has 0 radical (unpaired) electrons. The fourth-order valence-corrected chi connectivity index (χ4v) is 3.22. The highest BCUT2D eigenvalue weighted by atomic mass is 16.5. The van der Waals surface area contributed by atoms with Crippen molar-refractivity contribution < 1.29 is 9.47 Å². The molecule has 6 heteroatoms. The second-order valence-electron chi connectivity index (χ2n) is 7.15. The van der Waals surface area contributed by atoms with E-state index in [1.165, 1.54) is 5.69 Å². The maximum absolute atomic E-state index is 5.34. The van der Waals surface area contributed by atoms with Crippen LogP contribution in [0.2, 0.25) is 0 Å². The summed E-state index contributed by atoms with van der Waals surface area (Å²) >= 11 is 0. The predicted octanol–water partition coefficient (Wildman–Crippen LogP) is 1.82. The Morgan fingerprint density at radius 3 is 2.64 bits per heavy atom. The van der Waals surface area contributed by atoms with Crippen molar-refractivity contribution in [3.63, 3.8) is 0 Å². The number of guanidine groups is 1. The van der Waals surface area contributed by atoms with Crippen molar-refractivity contribution in [3.05, 3.63) is 24.3 Å². The van der Waals surface area contributed by atoms with Crippen LogP contribution in [0, 0.1) is 5.41 Å². The first kappa shape index (κ1) is 17.9. The summed E-state index contributed by atoms with van der Waals surface area (Å²) in [5.41, 5.74) is 1.43. The Bertz CT molecular complexity index is 593. The average Bonchev–Trinajstić information content (AvgIpc) is 2.64. The predicted molar refractivity (Wildman–Crippen MR) is 102 cm³/mol. The summed E-state index contributed by atoms with van der Waals surface area (Å²) in [4.78, 5) is 9.64. The first-order chi connectivity index (χ1) is 12.1. The minimum atomic E-state index is 0.211. The highest BCUT2D eigenvalue weighted by molar-refractivity contribution is 5.80. The van der Waals surface area contributed by atoms with Gasteiger partial charge in [0.2, 0.25) is 0 Å². The molecule has 6 nitrogen and oxygen atoms in total. The van der Waals surface area contributed by atoms with Gasteiger partial charge in [-0.2, -0.15) is 0 Å². The van der Waals surface area contributed by atoms with Gasteiger partial charge in [-0.1, -0.05) is 13.0 Å². The monoisotopic (exact) mass is 346 g/mol. The quantitative estimate of drug-likeness (QED) is 0.651. The van der Waals surface area contributed by atoms with Crippen LogP contribution in [-0.4, -0.2) is 70.5 Å². The smallest absolute Gasteiger partial charge is 0.194 e. The molecule has 0 aromatic heterocycles. The fourth-order valence-electron chi connectivity index (χ4n) is 3.22. The number of rotatable bonds is 5. The summed E-state index contributed by atoms with van der Waals surface area (Å²) in [7, 11) is 1.71. The Hall–Kier alpha value is -1.95. The number of benzene rings is 1. The average molecular weight is 346 g/mol. The van der Waals surface area contributed by atoms with E-state index in [9.17, 15) is 0 Å². The van der Waals surface area contributed by atoms with Gasteiger partial charge in [0.25, 0.3) is 0 Å². The molecule has 1 N–H and O–H groups in total. The van der Waals surface area contributed by atoms with Crippen molar-refractivity contribution in [2.75, 3.05) is 64.5 Å². The molecule has 25 heavy (non-hydrogen) atoms. The lowest BCUT2D eigenvalue weighted by atomic mass is 9.89. The molecule has 0 saturated carbocycles. The summed E-state index contributed by atoms with van der Waals surface area (Å²) < 4.78 is 10.7. The van der Waals surface area contributed by atoms with Crippen molar-refractivity contribution in [2.45, 2.75) is 13.8 Å². The van der Waals surface area contributed by atoms with Crippen LogP contribution in [0.25, 0.3) is 0 Å². The van der Waals surface area contributed by atoms with E-state index in [1.807, 2.05) is 12.1 Å². The molecule has 138 valence electrons. The summed E-state index contributed by atoms with van der Waals surface area (Å²) in [6.07, 6.45) is 0. The van der Waals surface area contributed by atoms with Gasteiger partial charge in [0.15, 0.2) is 5.96 Å². The number of hydrogen-bond donors (Lipinski definition) is 1. The van der Waals surface area contributed by atoms with E-state index in [1.54, 1.807) is 7.11 Å². The van der Waals surface area contributed by atoms with Crippen molar-refractivity contribution in [2.24, 2.45) is 10.4 Å². The van der Waals surface area contributed by atoms with Crippen molar-refractivity contribution in [3.8, 4) is 5.75 Å². The number of methoxy groups -OCH3 is 1. The largest absolute Gasteiger partial charge is 0.497 e. The summed E-state index contributed by atoms with van der Waals surface area (Å²) in [5.74, 6) is 1.94. The molecule has 1 aromatic rings. The van der Waals surface area contributed by atoms with Crippen LogP contribution < -0.4 is 15.0 Å². The van der Waals surface area contributed by atoms with Gasteiger partial charge in [-0.3, -0.25) is 4.99 Å². The summed E-state index contributed by atoms with van der Waals surface area (Å²) in [6.45, 7) is 11.6. The molecule has 0 spiro atoms. The lowest BCUT2D eigenvalue weighted by Crippen LogP contribution is -2.53. The van der Waals surface area contributed by atoms with E-state index in [2.05, 4.69) is 41.1 Å². The number of nitrogens with one attached hydrogen (secondary N) is 1. The third-order valence-corrected chi connectivity index (χ3v) is 4.84. The van der Waals surface area contributed by atoms with Crippen LogP contribution in [0.5, 0.6) is 5.75 Å².